The SMILES string of the molecule is Cc1oc(-c2ccccc2)nc1CCOc1ccc(S(=O)(=O)N2CCC[C@@H]2C(=O)O)cc1. The van der Waals surface area contributed by atoms with Gasteiger partial charge in [0.2, 0.25) is 15.9 Å². The molecule has 4 rings (SSSR count). The van der Waals surface area contributed by atoms with Crippen LogP contribution in [0, 0.1) is 6.92 Å². The summed E-state index contributed by atoms with van der Waals surface area (Å²) in [6, 6.07) is 14.7. The van der Waals surface area contributed by atoms with Gasteiger partial charge in [-0.25, -0.2) is 13.4 Å². The Morgan fingerprint density at radius 2 is 1.91 bits per heavy atom. The van der Waals surface area contributed by atoms with E-state index in [1.165, 1.54) is 12.1 Å². The number of carboxylic acids is 1. The van der Waals surface area contributed by atoms with Crippen LogP contribution < -0.4 is 4.74 Å². The molecule has 1 aliphatic rings. The summed E-state index contributed by atoms with van der Waals surface area (Å²) in [6.45, 7) is 2.41. The fourth-order valence-corrected chi connectivity index (χ4v) is 5.40. The topological polar surface area (TPSA) is 110 Å². The predicted molar refractivity (Wildman–Crippen MR) is 117 cm³/mol. The Balaban J connectivity index is 1.38. The molecule has 8 nitrogen and oxygen atoms in total. The van der Waals surface area contributed by atoms with Crippen molar-refractivity contribution in [2.75, 3.05) is 13.2 Å². The van der Waals surface area contributed by atoms with E-state index in [0.717, 1.165) is 21.3 Å². The number of sulfonamides is 1. The van der Waals surface area contributed by atoms with Gasteiger partial charge in [0.25, 0.3) is 0 Å². The number of hydrogen-bond acceptors (Lipinski definition) is 6. The van der Waals surface area contributed by atoms with E-state index in [9.17, 15) is 18.3 Å². The van der Waals surface area contributed by atoms with Gasteiger partial charge in [-0.1, -0.05) is 18.2 Å². The average Bonchev–Trinajstić information content (AvgIpc) is 3.43. The van der Waals surface area contributed by atoms with Crippen molar-refractivity contribution in [3.05, 3.63) is 66.1 Å². The number of oxazole rings is 1. The predicted octanol–water partition coefficient (Wildman–Crippen LogP) is 3.51. The summed E-state index contributed by atoms with van der Waals surface area (Å²) in [7, 11) is -3.87. The average molecular weight is 457 g/mol. The molecular formula is C23H24N2O6S. The number of aromatic nitrogens is 1. The van der Waals surface area contributed by atoms with Gasteiger partial charge in [0.15, 0.2) is 0 Å². The van der Waals surface area contributed by atoms with Gasteiger partial charge in [0.1, 0.15) is 17.6 Å². The van der Waals surface area contributed by atoms with Crippen molar-refractivity contribution in [3.8, 4) is 17.2 Å². The standard InChI is InChI=1S/C23H24N2O6S/c1-16-20(24-22(31-16)17-6-3-2-4-7-17)13-15-30-18-9-11-19(12-10-18)32(28,29)25-14-5-8-21(25)23(26)27/h2-4,6-7,9-12,21H,5,8,13-15H2,1H3,(H,26,27)/t21-/m1/s1. The van der Waals surface area contributed by atoms with E-state index >= 15 is 0 Å². The second-order valence-electron chi connectivity index (χ2n) is 7.57. The molecule has 0 amide bonds. The molecular weight excluding hydrogens is 432 g/mol. The molecule has 0 bridgehead atoms. The molecule has 1 atom stereocenters. The van der Waals surface area contributed by atoms with E-state index < -0.39 is 22.0 Å². The first-order chi connectivity index (χ1) is 15.4. The van der Waals surface area contributed by atoms with E-state index in [1.54, 1.807) is 12.1 Å². The number of carbonyl (C=O) groups is 1. The Hall–Kier alpha value is -3.17. The van der Waals surface area contributed by atoms with Crippen molar-refractivity contribution in [3.63, 3.8) is 0 Å². The summed E-state index contributed by atoms with van der Waals surface area (Å²) in [5.41, 5.74) is 1.71. The van der Waals surface area contributed by atoms with E-state index in [1.807, 2.05) is 37.3 Å². The van der Waals surface area contributed by atoms with Gasteiger partial charge in [-0.3, -0.25) is 4.79 Å². The molecule has 9 heteroatoms. The lowest BCUT2D eigenvalue weighted by atomic mass is 10.2. The fourth-order valence-electron chi connectivity index (χ4n) is 3.75. The number of nitrogens with zero attached hydrogens (tertiary/aromatic N) is 2. The Morgan fingerprint density at radius 3 is 2.59 bits per heavy atom. The largest absolute Gasteiger partial charge is 0.493 e. The van der Waals surface area contributed by atoms with Gasteiger partial charge in [0, 0.05) is 18.5 Å². The normalized spacial score (nSPS) is 16.8. The third-order valence-electron chi connectivity index (χ3n) is 5.44. The molecule has 1 aliphatic heterocycles. The highest BCUT2D eigenvalue weighted by molar-refractivity contribution is 7.89. The molecule has 1 N–H and O–H groups in total. The maximum atomic E-state index is 12.8. The summed E-state index contributed by atoms with van der Waals surface area (Å²) in [4.78, 5) is 15.9. The van der Waals surface area contributed by atoms with Crippen LogP contribution in [0.25, 0.3) is 11.5 Å². The first-order valence-corrected chi connectivity index (χ1v) is 11.8. The van der Waals surface area contributed by atoms with Crippen LogP contribution in [0.4, 0.5) is 0 Å². The van der Waals surface area contributed by atoms with Crippen LogP contribution in [0.3, 0.4) is 0 Å². The first kappa shape index (κ1) is 22.0. The number of hydrogen-bond donors (Lipinski definition) is 1. The van der Waals surface area contributed by atoms with Gasteiger partial charge in [-0.2, -0.15) is 4.31 Å². The van der Waals surface area contributed by atoms with Crippen molar-refractivity contribution >= 4 is 16.0 Å². The molecule has 0 aliphatic carbocycles. The van der Waals surface area contributed by atoms with Crippen LogP contribution in [0.1, 0.15) is 24.3 Å². The number of aryl methyl sites for hydroxylation is 1. The Morgan fingerprint density at radius 1 is 1.19 bits per heavy atom. The zero-order chi connectivity index (χ0) is 22.7. The minimum Gasteiger partial charge on any atom is -0.493 e. The highest BCUT2D eigenvalue weighted by atomic mass is 32.2. The monoisotopic (exact) mass is 456 g/mol. The lowest BCUT2D eigenvalue weighted by Crippen LogP contribution is -2.40. The summed E-state index contributed by atoms with van der Waals surface area (Å²) < 4.78 is 38.2. The van der Waals surface area contributed by atoms with E-state index in [-0.39, 0.29) is 11.4 Å². The Bertz CT molecular complexity index is 1190. The summed E-state index contributed by atoms with van der Waals surface area (Å²) >= 11 is 0. The van der Waals surface area contributed by atoms with Crippen LogP contribution in [-0.4, -0.2) is 48.0 Å². The third-order valence-corrected chi connectivity index (χ3v) is 7.36. The van der Waals surface area contributed by atoms with E-state index in [0.29, 0.717) is 37.5 Å². The summed E-state index contributed by atoms with van der Waals surface area (Å²) in [5.74, 6) is 0.691. The minimum absolute atomic E-state index is 0.0536. The minimum atomic E-state index is -3.87. The van der Waals surface area contributed by atoms with Gasteiger partial charge >= 0.3 is 5.97 Å². The molecule has 1 fully saturated rings. The number of benzene rings is 2. The van der Waals surface area contributed by atoms with Crippen LogP contribution in [-0.2, 0) is 21.2 Å². The maximum absolute atomic E-state index is 12.8. The Kier molecular flexibility index (Phi) is 6.29. The molecule has 168 valence electrons. The quantitative estimate of drug-likeness (QED) is 0.552. The zero-order valence-corrected chi connectivity index (χ0v) is 18.4. The molecule has 3 aromatic rings. The Labute approximate surface area is 186 Å². The molecule has 32 heavy (non-hydrogen) atoms. The summed E-state index contributed by atoms with van der Waals surface area (Å²) in [5, 5.41) is 9.28. The molecule has 0 spiro atoms. The second-order valence-corrected chi connectivity index (χ2v) is 9.46. The molecule has 1 saturated heterocycles. The third kappa shape index (κ3) is 4.53. The van der Waals surface area contributed by atoms with Crippen LogP contribution in [0.15, 0.2) is 63.9 Å². The highest BCUT2D eigenvalue weighted by Gasteiger charge is 2.39. The number of carboxylic acid groups (broad SMARTS) is 1. The summed E-state index contributed by atoms with van der Waals surface area (Å²) in [6.07, 6.45) is 1.39. The van der Waals surface area contributed by atoms with Crippen molar-refractivity contribution in [1.82, 2.24) is 9.29 Å². The lowest BCUT2D eigenvalue weighted by Gasteiger charge is -2.21. The molecule has 0 radical (unpaired) electrons. The number of aliphatic carboxylic acids is 1. The molecule has 0 unspecified atom stereocenters. The van der Waals surface area contributed by atoms with Crippen LogP contribution in [0.2, 0.25) is 0 Å². The zero-order valence-electron chi connectivity index (χ0n) is 17.6. The van der Waals surface area contributed by atoms with Crippen molar-refractivity contribution in [2.45, 2.75) is 37.1 Å². The van der Waals surface area contributed by atoms with Crippen LogP contribution in [0.5, 0.6) is 5.75 Å². The second kappa shape index (κ2) is 9.13. The van der Waals surface area contributed by atoms with E-state index in [2.05, 4.69) is 4.98 Å². The highest BCUT2D eigenvalue weighted by Crippen LogP contribution is 2.27. The smallest absolute Gasteiger partial charge is 0.322 e. The molecule has 2 aromatic carbocycles. The van der Waals surface area contributed by atoms with Gasteiger partial charge in [0.05, 0.1) is 17.2 Å². The first-order valence-electron chi connectivity index (χ1n) is 10.4. The van der Waals surface area contributed by atoms with Crippen molar-refractivity contribution < 1.29 is 27.5 Å². The number of rotatable bonds is 8. The number of ether oxygens (including phenoxy) is 1. The van der Waals surface area contributed by atoms with Crippen LogP contribution >= 0.6 is 0 Å². The lowest BCUT2D eigenvalue weighted by molar-refractivity contribution is -0.140. The van der Waals surface area contributed by atoms with Gasteiger partial charge < -0.3 is 14.3 Å². The van der Waals surface area contributed by atoms with Gasteiger partial charge in [-0.05, 0) is 56.2 Å². The fraction of sp³-hybridized carbons (Fsp3) is 0.304. The maximum Gasteiger partial charge on any atom is 0.322 e. The molecule has 0 saturated carbocycles. The van der Waals surface area contributed by atoms with Crippen molar-refractivity contribution in [1.29, 1.82) is 0 Å². The van der Waals surface area contributed by atoms with Gasteiger partial charge in [-0.15, -0.1) is 0 Å². The molecule has 1 aromatic heterocycles. The van der Waals surface area contributed by atoms with E-state index in [4.69, 9.17) is 9.15 Å². The van der Waals surface area contributed by atoms with Crippen molar-refractivity contribution in [2.24, 2.45) is 0 Å². The molecule has 2 heterocycles.